The standard InChI is InChI=1S/C11H16FN.ClH/c1-3-13-9(2)8-10-4-6-11(12)7-5-10;/h4-7,9,13H,3,8H2,1-2H3;1H. The summed E-state index contributed by atoms with van der Waals surface area (Å²) >= 11 is 0. The van der Waals surface area contributed by atoms with Gasteiger partial charge in [0.15, 0.2) is 0 Å². The zero-order valence-electron chi connectivity index (χ0n) is 8.59. The highest BCUT2D eigenvalue weighted by Crippen LogP contribution is 2.05. The molecular formula is C11H17ClFN. The first-order valence-corrected chi connectivity index (χ1v) is 4.70. The molecule has 80 valence electrons. The van der Waals surface area contributed by atoms with Crippen LogP contribution in [-0.2, 0) is 6.42 Å². The number of halogens is 2. The van der Waals surface area contributed by atoms with Crippen LogP contribution < -0.4 is 5.32 Å². The molecule has 1 aromatic rings. The molecule has 1 unspecified atom stereocenters. The molecule has 0 heterocycles. The highest BCUT2D eigenvalue weighted by Gasteiger charge is 2.01. The molecule has 0 saturated heterocycles. The zero-order valence-corrected chi connectivity index (χ0v) is 9.40. The monoisotopic (exact) mass is 217 g/mol. The van der Waals surface area contributed by atoms with Crippen molar-refractivity contribution in [2.75, 3.05) is 6.54 Å². The fraction of sp³-hybridized carbons (Fsp3) is 0.455. The molecule has 0 aromatic heterocycles. The predicted octanol–water partition coefficient (Wildman–Crippen LogP) is 2.79. The normalized spacial score (nSPS) is 11.9. The largest absolute Gasteiger partial charge is 0.314 e. The van der Waals surface area contributed by atoms with Gasteiger partial charge >= 0.3 is 0 Å². The third kappa shape index (κ3) is 4.58. The van der Waals surface area contributed by atoms with E-state index < -0.39 is 0 Å². The van der Waals surface area contributed by atoms with E-state index in [2.05, 4.69) is 19.2 Å². The number of benzene rings is 1. The van der Waals surface area contributed by atoms with Gasteiger partial charge in [0, 0.05) is 6.04 Å². The maximum atomic E-state index is 12.6. The van der Waals surface area contributed by atoms with Crippen LogP contribution in [-0.4, -0.2) is 12.6 Å². The van der Waals surface area contributed by atoms with Gasteiger partial charge in [0.2, 0.25) is 0 Å². The summed E-state index contributed by atoms with van der Waals surface area (Å²) in [5, 5.41) is 3.31. The smallest absolute Gasteiger partial charge is 0.123 e. The average molecular weight is 218 g/mol. The van der Waals surface area contributed by atoms with Crippen molar-refractivity contribution in [2.45, 2.75) is 26.3 Å². The Hall–Kier alpha value is -0.600. The summed E-state index contributed by atoms with van der Waals surface area (Å²) in [6.07, 6.45) is 0.952. The summed E-state index contributed by atoms with van der Waals surface area (Å²) in [6, 6.07) is 7.14. The Kier molecular flexibility index (Phi) is 6.50. The molecule has 0 saturated carbocycles. The van der Waals surface area contributed by atoms with Crippen LogP contribution in [0.2, 0.25) is 0 Å². The third-order valence-electron chi connectivity index (χ3n) is 2.01. The molecule has 0 fully saturated rings. The van der Waals surface area contributed by atoms with E-state index in [-0.39, 0.29) is 18.2 Å². The Labute approximate surface area is 91.1 Å². The van der Waals surface area contributed by atoms with E-state index in [9.17, 15) is 4.39 Å². The molecule has 1 rings (SSSR count). The molecule has 0 aliphatic carbocycles. The van der Waals surface area contributed by atoms with E-state index in [1.165, 1.54) is 17.7 Å². The number of likely N-dealkylation sites (N-methyl/N-ethyl adjacent to an activating group) is 1. The van der Waals surface area contributed by atoms with Crippen LogP contribution in [0.25, 0.3) is 0 Å². The van der Waals surface area contributed by atoms with Gasteiger partial charge in [0.1, 0.15) is 5.82 Å². The first kappa shape index (κ1) is 13.4. The van der Waals surface area contributed by atoms with Gasteiger partial charge in [-0.2, -0.15) is 0 Å². The van der Waals surface area contributed by atoms with E-state index in [1.807, 2.05) is 12.1 Å². The lowest BCUT2D eigenvalue weighted by Gasteiger charge is -2.11. The summed E-state index contributed by atoms with van der Waals surface area (Å²) in [5.74, 6) is -0.167. The zero-order chi connectivity index (χ0) is 9.68. The summed E-state index contributed by atoms with van der Waals surface area (Å²) in [6.45, 7) is 5.19. The Morgan fingerprint density at radius 1 is 1.29 bits per heavy atom. The van der Waals surface area contributed by atoms with E-state index >= 15 is 0 Å². The second-order valence-electron chi connectivity index (χ2n) is 3.29. The molecule has 0 spiro atoms. The number of hydrogen-bond donors (Lipinski definition) is 1. The molecular weight excluding hydrogens is 201 g/mol. The van der Waals surface area contributed by atoms with Crippen LogP contribution in [0.4, 0.5) is 4.39 Å². The van der Waals surface area contributed by atoms with Crippen LogP contribution in [0.5, 0.6) is 0 Å². The summed E-state index contributed by atoms with van der Waals surface area (Å²) < 4.78 is 12.6. The van der Waals surface area contributed by atoms with Gasteiger partial charge < -0.3 is 5.32 Å². The highest BCUT2D eigenvalue weighted by atomic mass is 35.5. The van der Waals surface area contributed by atoms with E-state index in [0.717, 1.165) is 13.0 Å². The lowest BCUT2D eigenvalue weighted by molar-refractivity contribution is 0.564. The van der Waals surface area contributed by atoms with Crippen molar-refractivity contribution in [1.82, 2.24) is 5.32 Å². The maximum Gasteiger partial charge on any atom is 0.123 e. The van der Waals surface area contributed by atoms with Gasteiger partial charge in [-0.05, 0) is 37.6 Å². The van der Waals surface area contributed by atoms with Gasteiger partial charge in [0.25, 0.3) is 0 Å². The predicted molar refractivity (Wildman–Crippen MR) is 60.5 cm³/mol. The van der Waals surface area contributed by atoms with Crippen molar-refractivity contribution in [3.63, 3.8) is 0 Å². The van der Waals surface area contributed by atoms with E-state index in [1.54, 1.807) is 0 Å². The second-order valence-corrected chi connectivity index (χ2v) is 3.29. The molecule has 0 radical (unpaired) electrons. The number of rotatable bonds is 4. The van der Waals surface area contributed by atoms with Gasteiger partial charge in [-0.1, -0.05) is 19.1 Å². The average Bonchev–Trinajstić information content (AvgIpc) is 2.09. The first-order chi connectivity index (χ1) is 6.22. The quantitative estimate of drug-likeness (QED) is 0.818. The Morgan fingerprint density at radius 2 is 1.86 bits per heavy atom. The van der Waals surface area contributed by atoms with Crippen molar-refractivity contribution in [3.8, 4) is 0 Å². The van der Waals surface area contributed by atoms with Crippen LogP contribution in [0.15, 0.2) is 24.3 Å². The number of hydrogen-bond acceptors (Lipinski definition) is 1. The minimum absolute atomic E-state index is 0. The van der Waals surface area contributed by atoms with Crippen LogP contribution in [0, 0.1) is 5.82 Å². The minimum Gasteiger partial charge on any atom is -0.314 e. The minimum atomic E-state index is -0.167. The van der Waals surface area contributed by atoms with Gasteiger partial charge in [-0.15, -0.1) is 12.4 Å². The highest BCUT2D eigenvalue weighted by molar-refractivity contribution is 5.85. The van der Waals surface area contributed by atoms with Crippen LogP contribution in [0.1, 0.15) is 19.4 Å². The molecule has 1 atom stereocenters. The van der Waals surface area contributed by atoms with E-state index in [0.29, 0.717) is 6.04 Å². The summed E-state index contributed by atoms with van der Waals surface area (Å²) in [4.78, 5) is 0. The van der Waals surface area contributed by atoms with Crippen molar-refractivity contribution >= 4 is 12.4 Å². The van der Waals surface area contributed by atoms with E-state index in [4.69, 9.17) is 0 Å². The Bertz CT molecular complexity index is 248. The van der Waals surface area contributed by atoms with Crippen LogP contribution >= 0.6 is 12.4 Å². The lowest BCUT2D eigenvalue weighted by Crippen LogP contribution is -2.27. The third-order valence-corrected chi connectivity index (χ3v) is 2.01. The van der Waals surface area contributed by atoms with Gasteiger partial charge in [-0.25, -0.2) is 4.39 Å². The molecule has 1 aromatic carbocycles. The molecule has 0 aliphatic rings. The number of nitrogens with one attached hydrogen (secondary N) is 1. The first-order valence-electron chi connectivity index (χ1n) is 4.70. The molecule has 0 bridgehead atoms. The topological polar surface area (TPSA) is 12.0 Å². The molecule has 14 heavy (non-hydrogen) atoms. The Morgan fingerprint density at radius 3 is 2.36 bits per heavy atom. The maximum absolute atomic E-state index is 12.6. The fourth-order valence-corrected chi connectivity index (χ4v) is 1.39. The second kappa shape index (κ2) is 6.80. The lowest BCUT2D eigenvalue weighted by atomic mass is 10.1. The summed E-state index contributed by atoms with van der Waals surface area (Å²) in [7, 11) is 0. The summed E-state index contributed by atoms with van der Waals surface area (Å²) in [5.41, 5.74) is 1.18. The Balaban J connectivity index is 0.00000169. The fourth-order valence-electron chi connectivity index (χ4n) is 1.39. The van der Waals surface area contributed by atoms with Crippen molar-refractivity contribution in [2.24, 2.45) is 0 Å². The van der Waals surface area contributed by atoms with Crippen molar-refractivity contribution in [3.05, 3.63) is 35.6 Å². The molecule has 1 N–H and O–H groups in total. The van der Waals surface area contributed by atoms with Gasteiger partial charge in [-0.3, -0.25) is 0 Å². The van der Waals surface area contributed by atoms with Crippen molar-refractivity contribution < 1.29 is 4.39 Å². The van der Waals surface area contributed by atoms with Gasteiger partial charge in [0.05, 0.1) is 0 Å². The van der Waals surface area contributed by atoms with Crippen molar-refractivity contribution in [1.29, 1.82) is 0 Å². The van der Waals surface area contributed by atoms with Crippen LogP contribution in [0.3, 0.4) is 0 Å². The molecule has 1 nitrogen and oxygen atoms in total. The molecule has 0 amide bonds. The molecule has 3 heteroatoms. The SMILES string of the molecule is CCNC(C)Cc1ccc(F)cc1.Cl. The molecule has 0 aliphatic heterocycles.